The van der Waals surface area contributed by atoms with E-state index in [0.717, 1.165) is 56.7 Å². The molecule has 9 heteroatoms. The van der Waals surface area contributed by atoms with Crippen molar-refractivity contribution in [3.8, 4) is 0 Å². The van der Waals surface area contributed by atoms with Crippen molar-refractivity contribution >= 4 is 38.9 Å². The molecule has 2 fully saturated rings. The van der Waals surface area contributed by atoms with Crippen LogP contribution in [-0.2, 0) is 21.2 Å². The topological polar surface area (TPSA) is 73.0 Å². The van der Waals surface area contributed by atoms with E-state index in [4.69, 9.17) is 11.6 Å². The molecule has 33 heavy (non-hydrogen) atoms. The number of piperazine rings is 1. The Kier molecular flexibility index (Phi) is 7.58. The van der Waals surface area contributed by atoms with Crippen molar-refractivity contribution in [2.45, 2.75) is 30.6 Å². The average Bonchev–Trinajstić information content (AvgIpc) is 2.81. The van der Waals surface area contributed by atoms with Crippen molar-refractivity contribution in [2.24, 2.45) is 0 Å². The lowest BCUT2D eigenvalue weighted by atomic mass is 10.1. The SMILES string of the molecule is CN1CCN(c2ccc(Cl)cc2NC(=O)Cc2ccc(S(=O)(=O)N3CCCCC3)cc2)CC1. The van der Waals surface area contributed by atoms with Crippen LogP contribution in [0.25, 0.3) is 0 Å². The summed E-state index contributed by atoms with van der Waals surface area (Å²) >= 11 is 6.21. The minimum Gasteiger partial charge on any atom is -0.367 e. The second-order valence-electron chi connectivity index (χ2n) is 8.79. The molecule has 0 bridgehead atoms. The predicted molar refractivity (Wildman–Crippen MR) is 133 cm³/mol. The molecule has 178 valence electrons. The van der Waals surface area contributed by atoms with E-state index in [9.17, 15) is 13.2 Å². The highest BCUT2D eigenvalue weighted by atomic mass is 35.5. The van der Waals surface area contributed by atoms with E-state index in [2.05, 4.69) is 22.2 Å². The third kappa shape index (κ3) is 5.87. The zero-order valence-electron chi connectivity index (χ0n) is 19.0. The third-order valence-corrected chi connectivity index (χ3v) is 8.47. The van der Waals surface area contributed by atoms with E-state index in [0.29, 0.717) is 23.8 Å². The van der Waals surface area contributed by atoms with Gasteiger partial charge in [-0.1, -0.05) is 30.2 Å². The van der Waals surface area contributed by atoms with Crippen LogP contribution in [0, 0.1) is 0 Å². The van der Waals surface area contributed by atoms with Gasteiger partial charge >= 0.3 is 0 Å². The standard InChI is InChI=1S/C24H31ClN4O3S/c1-27-13-15-28(16-14-27)23-10-7-20(25)18-22(23)26-24(30)17-19-5-8-21(9-6-19)33(31,32)29-11-3-2-4-12-29/h5-10,18H,2-4,11-17H2,1H3,(H,26,30). The number of carbonyl (C=O) groups is 1. The summed E-state index contributed by atoms with van der Waals surface area (Å²) < 4.78 is 27.2. The second kappa shape index (κ2) is 10.4. The van der Waals surface area contributed by atoms with Crippen LogP contribution in [0.4, 0.5) is 11.4 Å². The summed E-state index contributed by atoms with van der Waals surface area (Å²) in [4.78, 5) is 17.6. The first kappa shape index (κ1) is 24.0. The fourth-order valence-electron chi connectivity index (χ4n) is 4.34. The van der Waals surface area contributed by atoms with Gasteiger partial charge in [0, 0.05) is 44.3 Å². The van der Waals surface area contributed by atoms with Crippen molar-refractivity contribution in [3.63, 3.8) is 0 Å². The molecule has 0 atom stereocenters. The zero-order chi connectivity index (χ0) is 23.4. The minimum absolute atomic E-state index is 0.152. The number of hydrogen-bond acceptors (Lipinski definition) is 5. The maximum absolute atomic E-state index is 12.8. The summed E-state index contributed by atoms with van der Waals surface area (Å²) in [5, 5.41) is 3.57. The Morgan fingerprint density at radius 2 is 1.61 bits per heavy atom. The van der Waals surface area contributed by atoms with Crippen LogP contribution in [0.1, 0.15) is 24.8 Å². The number of nitrogens with zero attached hydrogens (tertiary/aromatic N) is 3. The summed E-state index contributed by atoms with van der Waals surface area (Å²) in [6.45, 7) is 4.83. The molecule has 2 aliphatic heterocycles. The number of piperidine rings is 1. The van der Waals surface area contributed by atoms with E-state index in [1.54, 1.807) is 34.6 Å². The van der Waals surface area contributed by atoms with E-state index in [1.807, 2.05) is 12.1 Å². The van der Waals surface area contributed by atoms with E-state index in [-0.39, 0.29) is 17.2 Å². The van der Waals surface area contributed by atoms with Gasteiger partial charge in [0.25, 0.3) is 0 Å². The highest BCUT2D eigenvalue weighted by molar-refractivity contribution is 7.89. The molecule has 1 amide bonds. The van der Waals surface area contributed by atoms with Crippen molar-refractivity contribution in [1.82, 2.24) is 9.21 Å². The van der Waals surface area contributed by atoms with Gasteiger partial charge in [-0.3, -0.25) is 4.79 Å². The van der Waals surface area contributed by atoms with Gasteiger partial charge in [-0.25, -0.2) is 8.42 Å². The molecule has 2 aliphatic rings. The normalized spacial score (nSPS) is 18.3. The Hall–Kier alpha value is -2.13. The monoisotopic (exact) mass is 490 g/mol. The molecule has 2 heterocycles. The number of amides is 1. The molecular formula is C24H31ClN4O3S. The molecule has 7 nitrogen and oxygen atoms in total. The molecule has 2 saturated heterocycles. The maximum atomic E-state index is 12.8. The molecule has 0 radical (unpaired) electrons. The summed E-state index contributed by atoms with van der Waals surface area (Å²) in [7, 11) is -1.37. The fraction of sp³-hybridized carbons (Fsp3) is 0.458. The maximum Gasteiger partial charge on any atom is 0.243 e. The van der Waals surface area contributed by atoms with Crippen molar-refractivity contribution in [3.05, 3.63) is 53.1 Å². The van der Waals surface area contributed by atoms with Crippen LogP contribution in [0.2, 0.25) is 5.02 Å². The number of likely N-dealkylation sites (N-methyl/N-ethyl adjacent to an activating group) is 1. The molecule has 0 saturated carbocycles. The lowest BCUT2D eigenvalue weighted by Crippen LogP contribution is -2.44. The third-order valence-electron chi connectivity index (χ3n) is 6.32. The van der Waals surface area contributed by atoms with E-state index < -0.39 is 10.0 Å². The minimum atomic E-state index is -3.47. The zero-order valence-corrected chi connectivity index (χ0v) is 20.5. The van der Waals surface area contributed by atoms with Gasteiger partial charge in [-0.2, -0.15) is 4.31 Å². The van der Waals surface area contributed by atoms with Crippen LogP contribution in [0.3, 0.4) is 0 Å². The van der Waals surface area contributed by atoms with Crippen LogP contribution < -0.4 is 10.2 Å². The van der Waals surface area contributed by atoms with Gasteiger partial charge in [-0.15, -0.1) is 0 Å². The highest BCUT2D eigenvalue weighted by Gasteiger charge is 2.26. The lowest BCUT2D eigenvalue weighted by Gasteiger charge is -2.35. The number of rotatable bonds is 6. The molecule has 0 unspecified atom stereocenters. The van der Waals surface area contributed by atoms with Crippen molar-refractivity contribution < 1.29 is 13.2 Å². The van der Waals surface area contributed by atoms with Gasteiger partial charge < -0.3 is 15.1 Å². The summed E-state index contributed by atoms with van der Waals surface area (Å²) in [5.74, 6) is -0.167. The summed E-state index contributed by atoms with van der Waals surface area (Å²) in [6, 6.07) is 12.2. The van der Waals surface area contributed by atoms with Crippen LogP contribution >= 0.6 is 11.6 Å². The Balaban J connectivity index is 1.42. The summed E-state index contributed by atoms with van der Waals surface area (Å²) in [5.41, 5.74) is 2.42. The van der Waals surface area contributed by atoms with Crippen molar-refractivity contribution in [1.29, 1.82) is 0 Å². The van der Waals surface area contributed by atoms with Gasteiger partial charge in [0.2, 0.25) is 15.9 Å². The van der Waals surface area contributed by atoms with Crippen molar-refractivity contribution in [2.75, 3.05) is 56.5 Å². The molecule has 4 rings (SSSR count). The largest absolute Gasteiger partial charge is 0.367 e. The number of benzene rings is 2. The first-order valence-corrected chi connectivity index (χ1v) is 13.3. The molecule has 2 aromatic rings. The lowest BCUT2D eigenvalue weighted by molar-refractivity contribution is -0.115. The number of hydrogen-bond donors (Lipinski definition) is 1. The average molecular weight is 491 g/mol. The van der Waals surface area contributed by atoms with E-state index in [1.165, 1.54) is 0 Å². The molecule has 0 aliphatic carbocycles. The fourth-order valence-corrected chi connectivity index (χ4v) is 6.03. The highest BCUT2D eigenvalue weighted by Crippen LogP contribution is 2.30. The Morgan fingerprint density at radius 1 is 0.939 bits per heavy atom. The van der Waals surface area contributed by atoms with Gasteiger partial charge in [0.15, 0.2) is 0 Å². The first-order valence-electron chi connectivity index (χ1n) is 11.4. The van der Waals surface area contributed by atoms with Crippen LogP contribution in [-0.4, -0.2) is 69.8 Å². The number of nitrogens with one attached hydrogen (secondary N) is 1. The molecule has 0 spiro atoms. The first-order chi connectivity index (χ1) is 15.8. The van der Waals surface area contributed by atoms with Gasteiger partial charge in [0.1, 0.15) is 0 Å². The number of halogens is 1. The number of anilines is 2. The molecular weight excluding hydrogens is 460 g/mol. The quantitative estimate of drug-likeness (QED) is 0.671. The molecule has 2 aromatic carbocycles. The smallest absolute Gasteiger partial charge is 0.243 e. The van der Waals surface area contributed by atoms with Crippen LogP contribution in [0.15, 0.2) is 47.4 Å². The summed E-state index contributed by atoms with van der Waals surface area (Å²) in [6.07, 6.45) is 3.02. The Labute approximate surface area is 201 Å². The second-order valence-corrected chi connectivity index (χ2v) is 11.2. The van der Waals surface area contributed by atoms with Gasteiger partial charge in [-0.05, 0) is 55.8 Å². The van der Waals surface area contributed by atoms with E-state index >= 15 is 0 Å². The predicted octanol–water partition coefficient (Wildman–Crippen LogP) is 3.45. The van der Waals surface area contributed by atoms with Gasteiger partial charge in [0.05, 0.1) is 22.7 Å². The van der Waals surface area contributed by atoms with Crippen LogP contribution in [0.5, 0.6) is 0 Å². The Morgan fingerprint density at radius 3 is 2.27 bits per heavy atom. The molecule has 0 aromatic heterocycles. The Bertz CT molecular complexity index is 1080. The number of carbonyl (C=O) groups excluding carboxylic acids is 1. The number of sulfonamides is 1. The molecule has 1 N–H and O–H groups in total.